The van der Waals surface area contributed by atoms with E-state index in [4.69, 9.17) is 4.74 Å². The minimum atomic E-state index is -0.180. The molecule has 1 heterocycles. The monoisotopic (exact) mass is 294 g/mol. The first-order chi connectivity index (χ1) is 9.91. The van der Waals surface area contributed by atoms with Gasteiger partial charge >= 0.3 is 0 Å². The Kier molecular flexibility index (Phi) is 5.22. The van der Waals surface area contributed by atoms with Crippen LogP contribution in [0, 0.1) is 5.82 Å². The Morgan fingerprint density at radius 2 is 2.19 bits per heavy atom. The van der Waals surface area contributed by atoms with Crippen LogP contribution in [0.1, 0.15) is 39.7 Å². The van der Waals surface area contributed by atoms with Gasteiger partial charge < -0.3 is 15.0 Å². The van der Waals surface area contributed by atoms with Gasteiger partial charge in [0.1, 0.15) is 5.82 Å². The maximum absolute atomic E-state index is 13.6. The fourth-order valence-electron chi connectivity index (χ4n) is 3.04. The molecule has 0 spiro atoms. The highest BCUT2D eigenvalue weighted by Crippen LogP contribution is 2.29. The van der Waals surface area contributed by atoms with Crippen molar-refractivity contribution in [1.29, 1.82) is 0 Å². The molecule has 3 nitrogen and oxygen atoms in total. The van der Waals surface area contributed by atoms with Gasteiger partial charge in [0.25, 0.3) is 0 Å². The molecule has 1 aliphatic heterocycles. The molecule has 0 amide bonds. The molecule has 21 heavy (non-hydrogen) atoms. The van der Waals surface area contributed by atoms with Crippen molar-refractivity contribution in [2.45, 2.75) is 52.4 Å². The van der Waals surface area contributed by atoms with E-state index in [2.05, 4.69) is 37.9 Å². The largest absolute Gasteiger partial charge is 0.369 e. The van der Waals surface area contributed by atoms with Gasteiger partial charge in [-0.1, -0.05) is 6.92 Å². The van der Waals surface area contributed by atoms with Crippen LogP contribution in [0.4, 0.5) is 10.1 Å². The van der Waals surface area contributed by atoms with Gasteiger partial charge in [0.2, 0.25) is 0 Å². The van der Waals surface area contributed by atoms with Crippen molar-refractivity contribution in [3.63, 3.8) is 0 Å². The van der Waals surface area contributed by atoms with Crippen molar-refractivity contribution < 1.29 is 9.13 Å². The molecule has 0 saturated carbocycles. The van der Waals surface area contributed by atoms with Gasteiger partial charge in [-0.3, -0.25) is 0 Å². The summed E-state index contributed by atoms with van der Waals surface area (Å²) in [4.78, 5) is 2.32. The fraction of sp³-hybridized carbons (Fsp3) is 0.647. The lowest BCUT2D eigenvalue weighted by Crippen LogP contribution is -2.52. The smallest absolute Gasteiger partial charge is 0.123 e. The highest BCUT2D eigenvalue weighted by Gasteiger charge is 2.32. The predicted molar refractivity (Wildman–Crippen MR) is 85.2 cm³/mol. The quantitative estimate of drug-likeness (QED) is 0.843. The van der Waals surface area contributed by atoms with E-state index in [9.17, 15) is 4.39 Å². The lowest BCUT2D eigenvalue weighted by atomic mass is 10.0. The number of hydrogen-bond acceptors (Lipinski definition) is 3. The van der Waals surface area contributed by atoms with E-state index in [1.165, 1.54) is 0 Å². The van der Waals surface area contributed by atoms with Gasteiger partial charge in [-0.2, -0.15) is 0 Å². The Bertz CT molecular complexity index is 476. The van der Waals surface area contributed by atoms with Crippen LogP contribution < -0.4 is 10.2 Å². The molecule has 1 atom stereocenters. The number of benzene rings is 1. The molecule has 1 saturated heterocycles. The minimum Gasteiger partial charge on any atom is -0.369 e. The predicted octanol–water partition coefficient (Wildman–Crippen LogP) is 3.33. The normalized spacial score (nSPS) is 21.6. The highest BCUT2D eigenvalue weighted by atomic mass is 19.1. The zero-order valence-electron chi connectivity index (χ0n) is 13.6. The molecule has 1 aromatic rings. The summed E-state index contributed by atoms with van der Waals surface area (Å²) < 4.78 is 19.5. The van der Waals surface area contributed by atoms with E-state index < -0.39 is 0 Å². The SMILES string of the molecule is CCCNCc1cc(F)ccc1N1CC(C)OC(C)(C)C1. The fourth-order valence-corrected chi connectivity index (χ4v) is 3.04. The number of nitrogens with one attached hydrogen (secondary N) is 1. The number of nitrogens with zero attached hydrogens (tertiary/aromatic N) is 1. The number of ether oxygens (including phenoxy) is 1. The van der Waals surface area contributed by atoms with E-state index in [0.717, 1.165) is 37.3 Å². The maximum atomic E-state index is 13.6. The number of anilines is 1. The van der Waals surface area contributed by atoms with Crippen LogP contribution in [0.15, 0.2) is 18.2 Å². The summed E-state index contributed by atoms with van der Waals surface area (Å²) in [6.45, 7) is 11.7. The number of morpholine rings is 1. The van der Waals surface area contributed by atoms with Crippen LogP contribution >= 0.6 is 0 Å². The Labute approximate surface area is 127 Å². The van der Waals surface area contributed by atoms with E-state index in [-0.39, 0.29) is 17.5 Å². The minimum absolute atomic E-state index is 0.174. The Hall–Kier alpha value is -1.13. The van der Waals surface area contributed by atoms with Crippen LogP contribution in [0.2, 0.25) is 0 Å². The van der Waals surface area contributed by atoms with Crippen molar-refractivity contribution in [3.05, 3.63) is 29.6 Å². The molecule has 2 rings (SSSR count). The summed E-state index contributed by atoms with van der Waals surface area (Å²) in [7, 11) is 0. The Morgan fingerprint density at radius 3 is 2.86 bits per heavy atom. The topological polar surface area (TPSA) is 24.5 Å². The number of halogens is 1. The second-order valence-electron chi connectivity index (χ2n) is 6.52. The Balaban J connectivity index is 2.21. The molecule has 0 bridgehead atoms. The lowest BCUT2D eigenvalue weighted by molar-refractivity contribution is -0.0750. The first-order valence-electron chi connectivity index (χ1n) is 7.83. The summed E-state index contributed by atoms with van der Waals surface area (Å²) in [5.74, 6) is -0.174. The van der Waals surface area contributed by atoms with Crippen molar-refractivity contribution in [3.8, 4) is 0 Å². The van der Waals surface area contributed by atoms with E-state index >= 15 is 0 Å². The van der Waals surface area contributed by atoms with Crippen molar-refractivity contribution in [1.82, 2.24) is 5.32 Å². The van der Waals surface area contributed by atoms with Crippen LogP contribution in [-0.4, -0.2) is 31.3 Å². The van der Waals surface area contributed by atoms with Gasteiger partial charge in [-0.25, -0.2) is 4.39 Å². The molecular weight excluding hydrogens is 267 g/mol. The first kappa shape index (κ1) is 16.2. The Morgan fingerprint density at radius 1 is 1.43 bits per heavy atom. The van der Waals surface area contributed by atoms with Crippen LogP contribution in [0.25, 0.3) is 0 Å². The second-order valence-corrected chi connectivity index (χ2v) is 6.52. The zero-order chi connectivity index (χ0) is 15.5. The molecule has 1 unspecified atom stereocenters. The molecule has 1 N–H and O–H groups in total. The molecule has 4 heteroatoms. The molecular formula is C17H27FN2O. The van der Waals surface area contributed by atoms with Gasteiger partial charge in [-0.15, -0.1) is 0 Å². The van der Waals surface area contributed by atoms with Gasteiger partial charge in [-0.05, 0) is 57.5 Å². The average Bonchev–Trinajstić information content (AvgIpc) is 2.36. The van der Waals surface area contributed by atoms with Crippen molar-refractivity contribution in [2.24, 2.45) is 0 Å². The summed E-state index contributed by atoms with van der Waals surface area (Å²) in [5, 5.41) is 3.37. The third-order valence-electron chi connectivity index (χ3n) is 3.69. The summed E-state index contributed by atoms with van der Waals surface area (Å²) in [6.07, 6.45) is 1.25. The molecule has 0 aromatic heterocycles. The van der Waals surface area contributed by atoms with Crippen molar-refractivity contribution in [2.75, 3.05) is 24.5 Å². The first-order valence-corrected chi connectivity index (χ1v) is 7.83. The lowest BCUT2D eigenvalue weighted by Gasteiger charge is -2.43. The molecule has 0 aliphatic carbocycles. The molecule has 1 fully saturated rings. The highest BCUT2D eigenvalue weighted by molar-refractivity contribution is 5.54. The van der Waals surface area contributed by atoms with E-state index in [0.29, 0.717) is 6.54 Å². The summed E-state index contributed by atoms with van der Waals surface area (Å²) >= 11 is 0. The third kappa shape index (κ3) is 4.42. The number of rotatable bonds is 5. The number of hydrogen-bond donors (Lipinski definition) is 1. The molecule has 118 valence electrons. The zero-order valence-corrected chi connectivity index (χ0v) is 13.6. The van der Waals surface area contributed by atoms with Gasteiger partial charge in [0.15, 0.2) is 0 Å². The van der Waals surface area contributed by atoms with Crippen molar-refractivity contribution >= 4 is 5.69 Å². The van der Waals surface area contributed by atoms with E-state index in [1.54, 1.807) is 12.1 Å². The summed E-state index contributed by atoms with van der Waals surface area (Å²) in [6, 6.07) is 5.09. The second kappa shape index (κ2) is 6.75. The maximum Gasteiger partial charge on any atom is 0.123 e. The van der Waals surface area contributed by atoms with Crippen LogP contribution in [-0.2, 0) is 11.3 Å². The standard InChI is InChI=1S/C17H27FN2O/c1-5-8-19-10-14-9-15(18)6-7-16(14)20-11-13(2)21-17(3,4)12-20/h6-7,9,13,19H,5,8,10-12H2,1-4H3. The van der Waals surface area contributed by atoms with Crippen LogP contribution in [0.3, 0.4) is 0 Å². The third-order valence-corrected chi connectivity index (χ3v) is 3.69. The van der Waals surface area contributed by atoms with Crippen LogP contribution in [0.5, 0.6) is 0 Å². The molecule has 0 radical (unpaired) electrons. The summed E-state index contributed by atoms with van der Waals surface area (Å²) in [5.41, 5.74) is 1.96. The van der Waals surface area contributed by atoms with E-state index in [1.807, 2.05) is 6.07 Å². The van der Waals surface area contributed by atoms with Gasteiger partial charge in [0.05, 0.1) is 11.7 Å². The molecule has 1 aromatic carbocycles. The molecule has 1 aliphatic rings. The van der Waals surface area contributed by atoms with Gasteiger partial charge in [0, 0.05) is 25.3 Å². The average molecular weight is 294 g/mol.